The lowest BCUT2D eigenvalue weighted by Crippen LogP contribution is -1.97. The minimum Gasteiger partial charge on any atom is -0.497 e. The summed E-state index contributed by atoms with van der Waals surface area (Å²) in [6.45, 7) is 0. The van der Waals surface area contributed by atoms with E-state index in [9.17, 15) is 8.78 Å². The molecule has 0 spiro atoms. The highest BCUT2D eigenvalue weighted by atomic mass is 19.1. The van der Waals surface area contributed by atoms with Gasteiger partial charge in [0.15, 0.2) is 0 Å². The van der Waals surface area contributed by atoms with Gasteiger partial charge in [0, 0.05) is 7.05 Å². The standard InChI is InChI=1S/C14H13F2NO/c1-17-14-12(15)7-10(8-13(14)16)9-4-3-5-11(6-9)18-2/h3-8,17H,1-2H3/i2D3. The van der Waals surface area contributed by atoms with Crippen molar-refractivity contribution in [3.8, 4) is 16.9 Å². The van der Waals surface area contributed by atoms with Crippen LogP contribution in [0.1, 0.15) is 4.11 Å². The zero-order chi connectivity index (χ0) is 15.6. The lowest BCUT2D eigenvalue weighted by Gasteiger charge is -2.08. The van der Waals surface area contributed by atoms with Gasteiger partial charge in [-0.2, -0.15) is 0 Å². The number of rotatable bonds is 3. The largest absolute Gasteiger partial charge is 0.497 e. The van der Waals surface area contributed by atoms with Crippen LogP contribution in [0.25, 0.3) is 11.1 Å². The van der Waals surface area contributed by atoms with E-state index < -0.39 is 18.7 Å². The van der Waals surface area contributed by atoms with Gasteiger partial charge in [-0.25, -0.2) is 8.78 Å². The van der Waals surface area contributed by atoms with Gasteiger partial charge < -0.3 is 10.1 Å². The van der Waals surface area contributed by atoms with Gasteiger partial charge in [-0.15, -0.1) is 0 Å². The average Bonchev–Trinajstić information content (AvgIpc) is 2.36. The Morgan fingerprint density at radius 3 is 2.44 bits per heavy atom. The van der Waals surface area contributed by atoms with Crippen LogP contribution < -0.4 is 10.1 Å². The Morgan fingerprint density at radius 1 is 1.11 bits per heavy atom. The van der Waals surface area contributed by atoms with Gasteiger partial charge in [0.1, 0.15) is 23.1 Å². The van der Waals surface area contributed by atoms with E-state index in [0.717, 1.165) is 0 Å². The molecule has 0 aliphatic heterocycles. The van der Waals surface area contributed by atoms with Gasteiger partial charge >= 0.3 is 0 Å². The van der Waals surface area contributed by atoms with Gasteiger partial charge in [-0.3, -0.25) is 0 Å². The number of ether oxygens (including phenoxy) is 1. The molecule has 2 rings (SSSR count). The van der Waals surface area contributed by atoms with Crippen molar-refractivity contribution < 1.29 is 17.6 Å². The maximum atomic E-state index is 13.7. The third kappa shape index (κ3) is 2.27. The predicted octanol–water partition coefficient (Wildman–Crippen LogP) is 3.68. The molecule has 0 aliphatic carbocycles. The van der Waals surface area contributed by atoms with E-state index in [-0.39, 0.29) is 11.4 Å². The summed E-state index contributed by atoms with van der Waals surface area (Å²) in [4.78, 5) is 0. The first-order valence-electron chi connectivity index (χ1n) is 6.76. The second-order valence-corrected chi connectivity index (χ2v) is 3.69. The summed E-state index contributed by atoms with van der Waals surface area (Å²) in [7, 11) is -1.16. The van der Waals surface area contributed by atoms with E-state index >= 15 is 0 Å². The van der Waals surface area contributed by atoms with Crippen LogP contribution in [-0.2, 0) is 0 Å². The molecule has 2 nitrogen and oxygen atoms in total. The van der Waals surface area contributed by atoms with Crippen LogP contribution >= 0.6 is 0 Å². The molecule has 0 unspecified atom stereocenters. The monoisotopic (exact) mass is 252 g/mol. The summed E-state index contributed by atoms with van der Waals surface area (Å²) >= 11 is 0. The van der Waals surface area contributed by atoms with Crippen LogP contribution in [0.3, 0.4) is 0 Å². The summed E-state index contributed by atoms with van der Waals surface area (Å²) in [6, 6.07) is 8.38. The maximum Gasteiger partial charge on any atom is 0.149 e. The summed E-state index contributed by atoms with van der Waals surface area (Å²) in [5.41, 5.74) is 0.533. The first-order valence-corrected chi connectivity index (χ1v) is 5.26. The van der Waals surface area contributed by atoms with E-state index in [1.54, 1.807) is 12.1 Å². The fourth-order valence-corrected chi connectivity index (χ4v) is 1.72. The van der Waals surface area contributed by atoms with Gasteiger partial charge in [0.05, 0.1) is 11.2 Å². The Bertz CT molecular complexity index is 636. The number of methoxy groups -OCH3 is 1. The van der Waals surface area contributed by atoms with Crippen LogP contribution in [-0.4, -0.2) is 14.1 Å². The second kappa shape index (κ2) is 5.04. The third-order valence-corrected chi connectivity index (χ3v) is 2.58. The molecule has 2 aromatic carbocycles. The highest BCUT2D eigenvalue weighted by Gasteiger charge is 2.11. The lowest BCUT2D eigenvalue weighted by molar-refractivity contribution is 0.415. The van der Waals surface area contributed by atoms with E-state index in [2.05, 4.69) is 5.32 Å². The smallest absolute Gasteiger partial charge is 0.149 e. The molecule has 0 amide bonds. The first kappa shape index (κ1) is 8.91. The number of nitrogens with one attached hydrogen (secondary N) is 1. The van der Waals surface area contributed by atoms with E-state index in [0.29, 0.717) is 11.1 Å². The molecule has 1 N–H and O–H groups in total. The van der Waals surface area contributed by atoms with Crippen molar-refractivity contribution in [1.82, 2.24) is 0 Å². The number of hydrogen-bond acceptors (Lipinski definition) is 2. The Balaban J connectivity index is 2.41. The Hall–Kier alpha value is -2.10. The van der Waals surface area contributed by atoms with E-state index in [4.69, 9.17) is 8.85 Å². The van der Waals surface area contributed by atoms with Crippen LogP contribution in [0.2, 0.25) is 0 Å². The molecule has 0 saturated carbocycles. The minimum absolute atomic E-state index is 0.103. The first-order chi connectivity index (χ1) is 9.80. The molecule has 0 radical (unpaired) electrons. The highest BCUT2D eigenvalue weighted by molar-refractivity contribution is 5.68. The van der Waals surface area contributed by atoms with E-state index in [1.165, 1.54) is 31.3 Å². The number of hydrogen-bond donors (Lipinski definition) is 1. The summed E-state index contributed by atoms with van der Waals surface area (Å²) in [5.74, 6) is -1.35. The molecular weight excluding hydrogens is 236 g/mol. The van der Waals surface area contributed by atoms with Gasteiger partial charge in [0.25, 0.3) is 0 Å². The van der Waals surface area contributed by atoms with Crippen molar-refractivity contribution in [2.45, 2.75) is 0 Å². The lowest BCUT2D eigenvalue weighted by atomic mass is 10.0. The molecule has 18 heavy (non-hydrogen) atoms. The molecule has 94 valence electrons. The fraction of sp³-hybridized carbons (Fsp3) is 0.143. The maximum absolute atomic E-state index is 13.7. The summed E-state index contributed by atoms with van der Waals surface area (Å²) in [5, 5.41) is 2.44. The molecule has 0 bridgehead atoms. The molecule has 0 saturated heterocycles. The van der Waals surface area contributed by atoms with Crippen molar-refractivity contribution in [2.75, 3.05) is 19.4 Å². The molecular formula is C14H13F2NO. The molecule has 0 fully saturated rings. The fourth-order valence-electron chi connectivity index (χ4n) is 1.72. The topological polar surface area (TPSA) is 21.3 Å². The van der Waals surface area contributed by atoms with Crippen LogP contribution in [0.5, 0.6) is 5.75 Å². The van der Waals surface area contributed by atoms with Crippen molar-refractivity contribution in [2.24, 2.45) is 0 Å². The number of benzene rings is 2. The normalized spacial score (nSPS) is 13.4. The minimum atomic E-state index is -2.58. The van der Waals surface area contributed by atoms with Gasteiger partial charge in [-0.05, 0) is 35.4 Å². The Kier molecular flexibility index (Phi) is 2.50. The van der Waals surface area contributed by atoms with Crippen LogP contribution in [0, 0.1) is 11.6 Å². The zero-order valence-corrected chi connectivity index (χ0v) is 9.63. The summed E-state index contributed by atoms with van der Waals surface area (Å²) < 4.78 is 53.4. The predicted molar refractivity (Wildman–Crippen MR) is 67.9 cm³/mol. The number of halogens is 2. The van der Waals surface area contributed by atoms with Crippen molar-refractivity contribution in [3.05, 3.63) is 48.0 Å². The third-order valence-electron chi connectivity index (χ3n) is 2.58. The molecule has 0 atom stereocenters. The summed E-state index contributed by atoms with van der Waals surface area (Å²) in [6.07, 6.45) is 0. The Morgan fingerprint density at radius 2 is 1.83 bits per heavy atom. The molecule has 2 aromatic rings. The van der Waals surface area contributed by atoms with Crippen molar-refractivity contribution in [1.29, 1.82) is 0 Å². The Labute approximate surface area is 108 Å². The quantitative estimate of drug-likeness (QED) is 0.899. The zero-order valence-electron chi connectivity index (χ0n) is 12.6. The second-order valence-electron chi connectivity index (χ2n) is 3.69. The molecule has 0 aliphatic rings. The van der Waals surface area contributed by atoms with Crippen molar-refractivity contribution >= 4 is 5.69 Å². The number of anilines is 1. The highest BCUT2D eigenvalue weighted by Crippen LogP contribution is 2.29. The van der Waals surface area contributed by atoms with Crippen LogP contribution in [0.15, 0.2) is 36.4 Å². The molecule has 4 heteroatoms. The van der Waals surface area contributed by atoms with Crippen LogP contribution in [0.4, 0.5) is 14.5 Å². The molecule has 0 aromatic heterocycles. The molecule has 0 heterocycles. The van der Waals surface area contributed by atoms with Gasteiger partial charge in [0.2, 0.25) is 0 Å². The van der Waals surface area contributed by atoms with Gasteiger partial charge in [-0.1, -0.05) is 12.1 Å². The average molecular weight is 252 g/mol. The van der Waals surface area contributed by atoms with Crippen molar-refractivity contribution in [3.63, 3.8) is 0 Å². The SMILES string of the molecule is [2H]C([2H])([2H])Oc1cccc(-c2cc(F)c(NC)c(F)c2)c1. The van der Waals surface area contributed by atoms with E-state index in [1.807, 2.05) is 0 Å².